The maximum Gasteiger partial charge on any atom is 0.208 e. The Morgan fingerprint density at radius 1 is 0.875 bits per heavy atom. The lowest BCUT2D eigenvalue weighted by Gasteiger charge is -2.35. The molecule has 3 aromatic rings. The topological polar surface area (TPSA) is 58.0 Å². The van der Waals surface area contributed by atoms with Gasteiger partial charge in [-0.05, 0) is 24.3 Å². The summed E-state index contributed by atoms with van der Waals surface area (Å²) in [7, 11) is 0. The van der Waals surface area contributed by atoms with Gasteiger partial charge in [-0.15, -0.1) is 10.2 Å². The van der Waals surface area contributed by atoms with Crippen molar-refractivity contribution in [1.82, 2.24) is 20.2 Å². The first kappa shape index (κ1) is 15.3. The Bertz CT molecular complexity index is 816. The Hall–Kier alpha value is -2.25. The minimum atomic E-state index is 0.694. The van der Waals surface area contributed by atoms with Gasteiger partial charge in [0, 0.05) is 38.6 Å². The van der Waals surface area contributed by atoms with Crippen LogP contribution in [0.25, 0.3) is 10.7 Å². The van der Waals surface area contributed by atoms with Crippen LogP contribution in [0.5, 0.6) is 0 Å². The van der Waals surface area contributed by atoms with Crippen molar-refractivity contribution < 1.29 is 0 Å². The average molecular weight is 359 g/mol. The van der Waals surface area contributed by atoms with Gasteiger partial charge in [0.05, 0.1) is 5.02 Å². The summed E-state index contributed by atoms with van der Waals surface area (Å²) in [5, 5.41) is 11.1. The quantitative estimate of drug-likeness (QED) is 0.717. The van der Waals surface area contributed by atoms with Crippen molar-refractivity contribution in [3.8, 4) is 10.7 Å². The highest BCUT2D eigenvalue weighted by Gasteiger charge is 2.22. The van der Waals surface area contributed by atoms with Crippen LogP contribution < -0.4 is 9.80 Å². The van der Waals surface area contributed by atoms with Crippen molar-refractivity contribution in [1.29, 1.82) is 0 Å². The highest BCUT2D eigenvalue weighted by atomic mass is 35.5. The van der Waals surface area contributed by atoms with E-state index in [1.54, 1.807) is 23.7 Å². The van der Waals surface area contributed by atoms with Gasteiger partial charge in [-0.25, -0.2) is 4.98 Å². The summed E-state index contributed by atoms with van der Waals surface area (Å²) < 4.78 is 0. The number of rotatable bonds is 3. The molecule has 0 aromatic carbocycles. The Morgan fingerprint density at radius 2 is 1.67 bits per heavy atom. The number of pyridine rings is 2. The molecule has 1 fully saturated rings. The van der Waals surface area contributed by atoms with E-state index in [0.717, 1.165) is 47.8 Å². The first-order valence-corrected chi connectivity index (χ1v) is 8.86. The van der Waals surface area contributed by atoms with Crippen LogP contribution in [-0.2, 0) is 0 Å². The molecule has 0 amide bonds. The third-order valence-electron chi connectivity index (χ3n) is 3.89. The highest BCUT2D eigenvalue weighted by Crippen LogP contribution is 2.29. The third-order valence-corrected chi connectivity index (χ3v) is 5.19. The minimum Gasteiger partial charge on any atom is -0.352 e. The molecule has 0 unspecified atom stereocenters. The zero-order valence-corrected chi connectivity index (χ0v) is 14.4. The highest BCUT2D eigenvalue weighted by molar-refractivity contribution is 7.18. The van der Waals surface area contributed by atoms with Crippen molar-refractivity contribution in [2.24, 2.45) is 0 Å². The summed E-state index contributed by atoms with van der Waals surface area (Å²) in [5.74, 6) is 0.852. The minimum absolute atomic E-state index is 0.694. The van der Waals surface area contributed by atoms with Crippen LogP contribution in [0.15, 0.2) is 42.7 Å². The van der Waals surface area contributed by atoms with Crippen molar-refractivity contribution in [3.63, 3.8) is 0 Å². The van der Waals surface area contributed by atoms with Crippen LogP contribution in [0.1, 0.15) is 0 Å². The molecule has 1 aliphatic heterocycles. The fourth-order valence-corrected chi connectivity index (χ4v) is 3.77. The molecule has 3 aromatic heterocycles. The van der Waals surface area contributed by atoms with Crippen LogP contribution in [0.4, 0.5) is 10.9 Å². The molecule has 1 aliphatic rings. The van der Waals surface area contributed by atoms with Gasteiger partial charge in [-0.3, -0.25) is 4.98 Å². The molecule has 0 saturated carbocycles. The third kappa shape index (κ3) is 3.05. The molecule has 122 valence electrons. The Kier molecular flexibility index (Phi) is 4.27. The van der Waals surface area contributed by atoms with Gasteiger partial charge in [0.25, 0.3) is 0 Å². The summed E-state index contributed by atoms with van der Waals surface area (Å²) in [6, 6.07) is 9.53. The summed E-state index contributed by atoms with van der Waals surface area (Å²) in [5.41, 5.74) is 0.861. The van der Waals surface area contributed by atoms with E-state index in [9.17, 15) is 0 Å². The van der Waals surface area contributed by atoms with E-state index in [2.05, 4.69) is 30.0 Å². The fourth-order valence-electron chi connectivity index (χ4n) is 2.66. The first-order valence-electron chi connectivity index (χ1n) is 7.66. The zero-order chi connectivity index (χ0) is 16.4. The van der Waals surface area contributed by atoms with Crippen LogP contribution in [-0.4, -0.2) is 46.3 Å². The van der Waals surface area contributed by atoms with Crippen LogP contribution >= 0.6 is 22.9 Å². The van der Waals surface area contributed by atoms with Gasteiger partial charge < -0.3 is 9.80 Å². The van der Waals surface area contributed by atoms with Gasteiger partial charge in [0.2, 0.25) is 5.13 Å². The number of halogens is 1. The molecule has 0 radical (unpaired) electrons. The second-order valence-electron chi connectivity index (χ2n) is 5.39. The van der Waals surface area contributed by atoms with Gasteiger partial charge in [-0.2, -0.15) is 0 Å². The van der Waals surface area contributed by atoms with Gasteiger partial charge in [0.15, 0.2) is 5.01 Å². The summed E-state index contributed by atoms with van der Waals surface area (Å²) in [6.07, 6.45) is 3.54. The number of piperazine rings is 1. The standard InChI is InChI=1S/C16H15ClN6S/c17-12-4-3-7-19-14(12)22-8-10-23(11-9-22)16-21-20-15(24-16)13-5-1-2-6-18-13/h1-7H,8-11H2. The molecule has 1 saturated heterocycles. The molecule has 24 heavy (non-hydrogen) atoms. The van der Waals surface area contributed by atoms with E-state index < -0.39 is 0 Å². The number of aromatic nitrogens is 4. The van der Waals surface area contributed by atoms with Crippen LogP contribution in [0.3, 0.4) is 0 Å². The largest absolute Gasteiger partial charge is 0.352 e. The summed E-state index contributed by atoms with van der Waals surface area (Å²) in [4.78, 5) is 13.2. The number of hydrogen-bond acceptors (Lipinski definition) is 7. The zero-order valence-electron chi connectivity index (χ0n) is 12.8. The Labute approximate surface area is 148 Å². The molecule has 0 atom stereocenters. The van der Waals surface area contributed by atoms with Crippen molar-refractivity contribution in [3.05, 3.63) is 47.7 Å². The van der Waals surface area contributed by atoms with E-state index >= 15 is 0 Å². The Morgan fingerprint density at radius 3 is 2.42 bits per heavy atom. The fraction of sp³-hybridized carbons (Fsp3) is 0.250. The van der Waals surface area contributed by atoms with E-state index in [-0.39, 0.29) is 0 Å². The van der Waals surface area contributed by atoms with Gasteiger partial charge >= 0.3 is 0 Å². The second kappa shape index (κ2) is 6.70. The summed E-state index contributed by atoms with van der Waals surface area (Å²) >= 11 is 7.81. The lowest BCUT2D eigenvalue weighted by atomic mass is 10.3. The maximum absolute atomic E-state index is 6.24. The number of nitrogens with zero attached hydrogens (tertiary/aromatic N) is 6. The molecule has 4 heterocycles. The van der Waals surface area contributed by atoms with E-state index in [1.807, 2.05) is 30.3 Å². The smallest absolute Gasteiger partial charge is 0.208 e. The van der Waals surface area contributed by atoms with E-state index in [1.165, 1.54) is 0 Å². The molecule has 0 N–H and O–H groups in total. The van der Waals surface area contributed by atoms with Crippen molar-refractivity contribution >= 4 is 33.9 Å². The first-order chi connectivity index (χ1) is 11.8. The molecule has 0 spiro atoms. The molecule has 0 bridgehead atoms. The average Bonchev–Trinajstić information content (AvgIpc) is 3.13. The molecule has 4 rings (SSSR count). The molecular weight excluding hydrogens is 344 g/mol. The monoisotopic (exact) mass is 358 g/mol. The van der Waals surface area contributed by atoms with Gasteiger partial charge in [0.1, 0.15) is 11.5 Å². The lowest BCUT2D eigenvalue weighted by Crippen LogP contribution is -2.46. The van der Waals surface area contributed by atoms with Crippen molar-refractivity contribution in [2.75, 3.05) is 36.0 Å². The van der Waals surface area contributed by atoms with Crippen molar-refractivity contribution in [2.45, 2.75) is 0 Å². The SMILES string of the molecule is Clc1cccnc1N1CCN(c2nnc(-c3ccccn3)s2)CC1. The van der Waals surface area contributed by atoms with E-state index in [0.29, 0.717) is 5.02 Å². The molecule has 8 heteroatoms. The number of hydrogen-bond donors (Lipinski definition) is 0. The maximum atomic E-state index is 6.24. The number of anilines is 2. The normalized spacial score (nSPS) is 14.9. The summed E-state index contributed by atoms with van der Waals surface area (Å²) in [6.45, 7) is 3.44. The molecule has 6 nitrogen and oxygen atoms in total. The lowest BCUT2D eigenvalue weighted by molar-refractivity contribution is 0.644. The predicted octanol–water partition coefficient (Wildman–Crippen LogP) is 2.98. The second-order valence-corrected chi connectivity index (χ2v) is 6.75. The van der Waals surface area contributed by atoms with Gasteiger partial charge in [-0.1, -0.05) is 29.0 Å². The van der Waals surface area contributed by atoms with Crippen LogP contribution in [0.2, 0.25) is 5.02 Å². The predicted molar refractivity (Wildman–Crippen MR) is 96.8 cm³/mol. The van der Waals surface area contributed by atoms with Crippen LogP contribution in [0, 0.1) is 0 Å². The molecule has 0 aliphatic carbocycles. The molecular formula is C16H15ClN6S. The van der Waals surface area contributed by atoms with E-state index in [4.69, 9.17) is 11.6 Å². The Balaban J connectivity index is 1.45.